The number of carbonyl (C=O) groups excluding carboxylic acids is 1. The molecule has 102 valence electrons. The summed E-state index contributed by atoms with van der Waals surface area (Å²) < 4.78 is 0. The molecule has 1 aliphatic carbocycles. The molecule has 1 atom stereocenters. The average Bonchev–Trinajstić information content (AvgIpc) is 3.04. The van der Waals surface area contributed by atoms with E-state index in [1.54, 1.807) is 0 Å². The van der Waals surface area contributed by atoms with Crippen LogP contribution in [0.5, 0.6) is 0 Å². The summed E-state index contributed by atoms with van der Waals surface area (Å²) in [5.41, 5.74) is 9.57. The van der Waals surface area contributed by atoms with Gasteiger partial charge in [-0.15, -0.1) is 0 Å². The van der Waals surface area contributed by atoms with Gasteiger partial charge < -0.3 is 16.0 Å². The fourth-order valence-corrected chi connectivity index (χ4v) is 3.37. The Bertz CT molecular complexity index is 520. The van der Waals surface area contributed by atoms with E-state index in [0.717, 1.165) is 17.8 Å². The zero-order valence-electron chi connectivity index (χ0n) is 11.6. The Kier molecular flexibility index (Phi) is 2.87. The Morgan fingerprint density at radius 2 is 2.16 bits per heavy atom. The zero-order valence-corrected chi connectivity index (χ0v) is 11.6. The summed E-state index contributed by atoms with van der Waals surface area (Å²) in [5.74, 6) is 0.0912. The number of hydrogen-bond acceptors (Lipinski definition) is 3. The number of hydrogen-bond donors (Lipinski definition) is 2. The Morgan fingerprint density at radius 3 is 2.74 bits per heavy atom. The van der Waals surface area contributed by atoms with E-state index in [0.29, 0.717) is 12.5 Å². The molecule has 1 unspecified atom stereocenters. The number of fused-ring (bicyclic) bond motifs is 1. The molecule has 1 saturated carbocycles. The molecule has 3 N–H and O–H groups in total. The molecule has 4 heteroatoms. The Balaban J connectivity index is 1.96. The highest BCUT2D eigenvalue weighted by molar-refractivity contribution is 5.99. The molecule has 1 aromatic carbocycles. The van der Waals surface area contributed by atoms with E-state index in [1.807, 2.05) is 6.07 Å². The van der Waals surface area contributed by atoms with E-state index in [2.05, 4.69) is 36.4 Å². The summed E-state index contributed by atoms with van der Waals surface area (Å²) in [4.78, 5) is 13.7. The highest BCUT2D eigenvalue weighted by Gasteiger charge is 2.49. The number of nitrogens with two attached hydrogens (primary N) is 1. The van der Waals surface area contributed by atoms with E-state index in [9.17, 15) is 4.79 Å². The highest BCUT2D eigenvalue weighted by Crippen LogP contribution is 2.56. The second-order valence-electron chi connectivity index (χ2n) is 6.07. The number of rotatable bonds is 4. The molecule has 2 aliphatic rings. The summed E-state index contributed by atoms with van der Waals surface area (Å²) in [6, 6.07) is 6.68. The SMILES string of the molecule is CN(C)C(c1ccc2c(c1)CC(=O)N2)C1(CN)CC1. The summed E-state index contributed by atoms with van der Waals surface area (Å²) in [6.45, 7) is 0.726. The smallest absolute Gasteiger partial charge is 0.228 e. The molecule has 0 spiro atoms. The van der Waals surface area contributed by atoms with Crippen LogP contribution in [0.15, 0.2) is 18.2 Å². The van der Waals surface area contributed by atoms with Crippen LogP contribution in [-0.4, -0.2) is 31.4 Å². The maximum absolute atomic E-state index is 11.4. The molecule has 4 nitrogen and oxygen atoms in total. The van der Waals surface area contributed by atoms with Gasteiger partial charge in [-0.2, -0.15) is 0 Å². The molecule has 1 amide bonds. The summed E-state index contributed by atoms with van der Waals surface area (Å²) in [7, 11) is 4.22. The van der Waals surface area contributed by atoms with Crippen molar-refractivity contribution in [3.8, 4) is 0 Å². The molecule has 3 rings (SSSR count). The number of nitrogens with zero attached hydrogens (tertiary/aromatic N) is 1. The van der Waals surface area contributed by atoms with Crippen molar-refractivity contribution in [1.82, 2.24) is 4.90 Å². The van der Waals surface area contributed by atoms with E-state index in [4.69, 9.17) is 5.73 Å². The number of amides is 1. The molecule has 1 aliphatic heterocycles. The second-order valence-corrected chi connectivity index (χ2v) is 6.07. The summed E-state index contributed by atoms with van der Waals surface area (Å²) >= 11 is 0. The van der Waals surface area contributed by atoms with Gasteiger partial charge in [0.05, 0.1) is 6.42 Å². The molecule has 19 heavy (non-hydrogen) atoms. The fourth-order valence-electron chi connectivity index (χ4n) is 3.37. The normalized spacial score (nSPS) is 21.2. The van der Waals surface area contributed by atoms with Crippen LogP contribution in [0.25, 0.3) is 0 Å². The van der Waals surface area contributed by atoms with Crippen molar-refractivity contribution >= 4 is 11.6 Å². The van der Waals surface area contributed by atoms with Crippen LogP contribution in [0.4, 0.5) is 5.69 Å². The van der Waals surface area contributed by atoms with Crippen molar-refractivity contribution in [2.45, 2.75) is 25.3 Å². The first kappa shape index (κ1) is 12.6. The Labute approximate surface area is 114 Å². The van der Waals surface area contributed by atoms with Crippen LogP contribution in [0.1, 0.15) is 30.0 Å². The molecular weight excluding hydrogens is 238 g/mol. The lowest BCUT2D eigenvalue weighted by Gasteiger charge is -2.32. The van der Waals surface area contributed by atoms with Crippen LogP contribution >= 0.6 is 0 Å². The van der Waals surface area contributed by atoms with Crippen LogP contribution in [0.3, 0.4) is 0 Å². The van der Waals surface area contributed by atoms with E-state index >= 15 is 0 Å². The Hall–Kier alpha value is -1.39. The van der Waals surface area contributed by atoms with Crippen molar-refractivity contribution < 1.29 is 4.79 Å². The number of nitrogens with one attached hydrogen (secondary N) is 1. The minimum atomic E-state index is 0.0912. The van der Waals surface area contributed by atoms with Crippen LogP contribution in [-0.2, 0) is 11.2 Å². The lowest BCUT2D eigenvalue weighted by atomic mass is 9.88. The van der Waals surface area contributed by atoms with Gasteiger partial charge in [0.2, 0.25) is 5.91 Å². The van der Waals surface area contributed by atoms with Crippen molar-refractivity contribution in [3.05, 3.63) is 29.3 Å². The van der Waals surface area contributed by atoms with Gasteiger partial charge in [0.15, 0.2) is 0 Å². The van der Waals surface area contributed by atoms with Gasteiger partial charge in [-0.25, -0.2) is 0 Å². The molecular formula is C15H21N3O. The van der Waals surface area contributed by atoms with Gasteiger partial charge >= 0.3 is 0 Å². The topological polar surface area (TPSA) is 58.4 Å². The van der Waals surface area contributed by atoms with Crippen molar-refractivity contribution in [1.29, 1.82) is 0 Å². The first-order valence-corrected chi connectivity index (χ1v) is 6.85. The van der Waals surface area contributed by atoms with Crippen LogP contribution < -0.4 is 11.1 Å². The van der Waals surface area contributed by atoms with Crippen molar-refractivity contribution in [3.63, 3.8) is 0 Å². The molecule has 0 radical (unpaired) electrons. The van der Waals surface area contributed by atoms with Gasteiger partial charge in [0.25, 0.3) is 0 Å². The summed E-state index contributed by atoms with van der Waals surface area (Å²) in [6.07, 6.45) is 2.89. The maximum atomic E-state index is 11.4. The second kappa shape index (κ2) is 4.32. The predicted molar refractivity (Wildman–Crippen MR) is 75.9 cm³/mol. The molecule has 1 aromatic rings. The molecule has 0 aromatic heterocycles. The number of anilines is 1. The predicted octanol–water partition coefficient (Wildman–Crippen LogP) is 1.52. The average molecular weight is 259 g/mol. The van der Waals surface area contributed by atoms with E-state index < -0.39 is 0 Å². The maximum Gasteiger partial charge on any atom is 0.228 e. The van der Waals surface area contributed by atoms with Gasteiger partial charge in [0, 0.05) is 17.1 Å². The number of carbonyl (C=O) groups is 1. The quantitative estimate of drug-likeness (QED) is 0.862. The number of benzene rings is 1. The molecule has 0 bridgehead atoms. The first-order chi connectivity index (χ1) is 9.05. The van der Waals surface area contributed by atoms with Crippen LogP contribution in [0.2, 0.25) is 0 Å². The molecule has 1 heterocycles. The standard InChI is InChI=1S/C15H21N3O/c1-18(2)14(15(9-16)5-6-15)10-3-4-12-11(7-10)8-13(19)17-12/h3-4,7,14H,5-6,8-9,16H2,1-2H3,(H,17,19). The zero-order chi connectivity index (χ0) is 13.6. The van der Waals surface area contributed by atoms with Gasteiger partial charge in [-0.3, -0.25) is 4.79 Å². The van der Waals surface area contributed by atoms with Crippen molar-refractivity contribution in [2.24, 2.45) is 11.1 Å². The van der Waals surface area contributed by atoms with E-state index in [1.165, 1.54) is 18.4 Å². The van der Waals surface area contributed by atoms with Gasteiger partial charge in [-0.05, 0) is 50.7 Å². The summed E-state index contributed by atoms with van der Waals surface area (Å²) in [5, 5.41) is 2.88. The van der Waals surface area contributed by atoms with E-state index in [-0.39, 0.29) is 11.3 Å². The first-order valence-electron chi connectivity index (χ1n) is 6.85. The Morgan fingerprint density at radius 1 is 1.42 bits per heavy atom. The minimum Gasteiger partial charge on any atom is -0.330 e. The highest BCUT2D eigenvalue weighted by atomic mass is 16.1. The van der Waals surface area contributed by atoms with Gasteiger partial charge in [0.1, 0.15) is 0 Å². The fraction of sp³-hybridized carbons (Fsp3) is 0.533. The lowest BCUT2D eigenvalue weighted by molar-refractivity contribution is -0.115. The van der Waals surface area contributed by atoms with Gasteiger partial charge in [-0.1, -0.05) is 12.1 Å². The minimum absolute atomic E-state index is 0.0912. The lowest BCUT2D eigenvalue weighted by Crippen LogP contribution is -2.33. The third kappa shape index (κ3) is 2.05. The molecule has 0 saturated heterocycles. The van der Waals surface area contributed by atoms with Crippen LogP contribution in [0, 0.1) is 5.41 Å². The third-order valence-corrected chi connectivity index (χ3v) is 4.47. The third-order valence-electron chi connectivity index (χ3n) is 4.47. The largest absolute Gasteiger partial charge is 0.330 e. The monoisotopic (exact) mass is 259 g/mol. The molecule has 1 fully saturated rings. The van der Waals surface area contributed by atoms with Crippen molar-refractivity contribution in [2.75, 3.05) is 26.0 Å².